The molecule has 0 saturated carbocycles. The molecule has 2 rings (SSSR count). The monoisotopic (exact) mass is 226 g/mol. The number of rotatable bonds is 2. The number of aromatic hydroxyl groups is 1. The molecule has 0 atom stereocenters. The van der Waals surface area contributed by atoms with E-state index in [0.29, 0.717) is 11.3 Å². The second kappa shape index (κ2) is 4.54. The lowest BCUT2D eigenvalue weighted by Gasteiger charge is -2.07. The molecule has 0 spiro atoms. The van der Waals surface area contributed by atoms with Crippen LogP contribution in [0.5, 0.6) is 17.4 Å². The molecule has 0 bridgehead atoms. The fourth-order valence-corrected chi connectivity index (χ4v) is 1.35. The van der Waals surface area contributed by atoms with Crippen molar-refractivity contribution < 1.29 is 9.84 Å². The van der Waals surface area contributed by atoms with Crippen molar-refractivity contribution in [1.82, 2.24) is 4.98 Å². The first kappa shape index (κ1) is 11.0. The lowest BCUT2D eigenvalue weighted by Crippen LogP contribution is -1.93. The van der Waals surface area contributed by atoms with Gasteiger partial charge in [-0.05, 0) is 31.2 Å². The Morgan fingerprint density at radius 3 is 2.82 bits per heavy atom. The Bertz CT molecular complexity index is 588. The van der Waals surface area contributed by atoms with E-state index in [9.17, 15) is 5.11 Å². The first-order valence-corrected chi connectivity index (χ1v) is 5.03. The van der Waals surface area contributed by atoms with Gasteiger partial charge in [0.2, 0.25) is 5.88 Å². The smallest absolute Gasteiger partial charge is 0.237 e. The van der Waals surface area contributed by atoms with E-state index in [1.165, 1.54) is 6.07 Å². The Hall–Kier alpha value is -2.54. The second-order valence-electron chi connectivity index (χ2n) is 3.52. The predicted molar refractivity (Wildman–Crippen MR) is 61.9 cm³/mol. The molecule has 0 fully saturated rings. The zero-order valence-corrected chi connectivity index (χ0v) is 9.21. The van der Waals surface area contributed by atoms with E-state index in [4.69, 9.17) is 10.00 Å². The van der Waals surface area contributed by atoms with Crippen molar-refractivity contribution in [3.8, 4) is 23.4 Å². The Kier molecular flexibility index (Phi) is 2.93. The van der Waals surface area contributed by atoms with Gasteiger partial charge in [-0.2, -0.15) is 5.26 Å². The molecule has 17 heavy (non-hydrogen) atoms. The first-order valence-electron chi connectivity index (χ1n) is 5.03. The Morgan fingerprint density at radius 2 is 2.12 bits per heavy atom. The molecule has 0 radical (unpaired) electrons. The van der Waals surface area contributed by atoms with Crippen LogP contribution in [0.3, 0.4) is 0 Å². The summed E-state index contributed by atoms with van der Waals surface area (Å²) in [7, 11) is 0. The lowest BCUT2D eigenvalue weighted by atomic mass is 10.2. The van der Waals surface area contributed by atoms with Crippen molar-refractivity contribution in [3.63, 3.8) is 0 Å². The molecule has 0 aliphatic carbocycles. The maximum absolute atomic E-state index is 9.31. The van der Waals surface area contributed by atoms with E-state index in [1.54, 1.807) is 30.3 Å². The quantitative estimate of drug-likeness (QED) is 0.855. The number of hydrogen-bond donors (Lipinski definition) is 1. The Morgan fingerprint density at radius 1 is 1.29 bits per heavy atom. The van der Waals surface area contributed by atoms with Crippen LogP contribution in [0.2, 0.25) is 0 Å². The number of aryl methyl sites for hydroxylation is 1. The summed E-state index contributed by atoms with van der Waals surface area (Å²) in [5.74, 6) is 0.798. The zero-order chi connectivity index (χ0) is 12.3. The van der Waals surface area contributed by atoms with Gasteiger partial charge in [0.25, 0.3) is 0 Å². The van der Waals surface area contributed by atoms with Crippen molar-refractivity contribution >= 4 is 0 Å². The lowest BCUT2D eigenvalue weighted by molar-refractivity contribution is 0.444. The molecule has 4 heteroatoms. The van der Waals surface area contributed by atoms with Gasteiger partial charge in [-0.25, -0.2) is 4.98 Å². The van der Waals surface area contributed by atoms with Crippen LogP contribution in [0.4, 0.5) is 0 Å². The zero-order valence-electron chi connectivity index (χ0n) is 9.21. The van der Waals surface area contributed by atoms with E-state index in [2.05, 4.69) is 4.98 Å². The van der Waals surface area contributed by atoms with Gasteiger partial charge in [0.05, 0.1) is 0 Å². The number of pyridine rings is 1. The van der Waals surface area contributed by atoms with Crippen LogP contribution in [0.15, 0.2) is 36.4 Å². The highest BCUT2D eigenvalue weighted by Crippen LogP contribution is 2.25. The van der Waals surface area contributed by atoms with Gasteiger partial charge in [0, 0.05) is 11.8 Å². The molecular weight excluding hydrogens is 216 g/mol. The molecule has 1 aromatic heterocycles. The number of benzene rings is 1. The van der Waals surface area contributed by atoms with Crippen LogP contribution in [0.25, 0.3) is 0 Å². The number of ether oxygens (including phenoxy) is 1. The molecule has 0 aliphatic heterocycles. The van der Waals surface area contributed by atoms with E-state index in [-0.39, 0.29) is 11.6 Å². The predicted octanol–water partition coefficient (Wildman–Crippen LogP) is 2.76. The van der Waals surface area contributed by atoms with Crippen LogP contribution < -0.4 is 4.74 Å². The third-order valence-corrected chi connectivity index (χ3v) is 2.15. The average Bonchev–Trinajstić information content (AvgIpc) is 2.29. The van der Waals surface area contributed by atoms with Crippen LogP contribution in [-0.4, -0.2) is 10.1 Å². The highest BCUT2D eigenvalue weighted by atomic mass is 16.5. The van der Waals surface area contributed by atoms with Gasteiger partial charge in [-0.15, -0.1) is 0 Å². The van der Waals surface area contributed by atoms with Gasteiger partial charge in [-0.3, -0.25) is 0 Å². The van der Waals surface area contributed by atoms with E-state index in [0.717, 1.165) is 5.69 Å². The Balaban J connectivity index is 2.36. The fraction of sp³-hybridized carbons (Fsp3) is 0.0769. The highest BCUT2D eigenvalue weighted by Gasteiger charge is 2.07. The third kappa shape index (κ3) is 2.52. The standard InChI is InChI=1S/C13H10N2O2/c1-9-5-6-10(8-14)13(15-9)17-12-4-2-3-11(16)7-12/h2-7,16H,1H3. The molecule has 1 aromatic carbocycles. The van der Waals surface area contributed by atoms with Crippen LogP contribution in [0, 0.1) is 18.3 Å². The average molecular weight is 226 g/mol. The van der Waals surface area contributed by atoms with Crippen molar-refractivity contribution in [1.29, 1.82) is 5.26 Å². The maximum Gasteiger partial charge on any atom is 0.237 e. The number of phenols is 1. The molecular formula is C13H10N2O2. The minimum atomic E-state index is 0.105. The minimum absolute atomic E-state index is 0.105. The molecule has 1 heterocycles. The van der Waals surface area contributed by atoms with Crippen LogP contribution in [0.1, 0.15) is 11.3 Å². The summed E-state index contributed by atoms with van der Waals surface area (Å²) >= 11 is 0. The van der Waals surface area contributed by atoms with Crippen molar-refractivity contribution in [3.05, 3.63) is 47.7 Å². The molecule has 84 valence electrons. The maximum atomic E-state index is 9.31. The molecule has 4 nitrogen and oxygen atoms in total. The van der Waals surface area contributed by atoms with E-state index >= 15 is 0 Å². The number of nitrogens with zero attached hydrogens (tertiary/aromatic N) is 2. The molecule has 2 aromatic rings. The summed E-state index contributed by atoms with van der Waals surface area (Å²) in [6.07, 6.45) is 0. The molecule has 0 unspecified atom stereocenters. The SMILES string of the molecule is Cc1ccc(C#N)c(Oc2cccc(O)c2)n1. The number of phenolic OH excluding ortho intramolecular Hbond substituents is 1. The number of aromatic nitrogens is 1. The second-order valence-corrected chi connectivity index (χ2v) is 3.52. The van der Waals surface area contributed by atoms with Crippen molar-refractivity contribution in [2.45, 2.75) is 6.92 Å². The van der Waals surface area contributed by atoms with Crippen LogP contribution >= 0.6 is 0 Å². The molecule has 0 aliphatic rings. The van der Waals surface area contributed by atoms with E-state index in [1.807, 2.05) is 13.0 Å². The normalized spacial score (nSPS) is 9.65. The largest absolute Gasteiger partial charge is 0.508 e. The van der Waals surface area contributed by atoms with Crippen molar-refractivity contribution in [2.24, 2.45) is 0 Å². The number of hydrogen-bond acceptors (Lipinski definition) is 4. The van der Waals surface area contributed by atoms with Gasteiger partial charge in [0.1, 0.15) is 23.1 Å². The molecule has 0 saturated heterocycles. The van der Waals surface area contributed by atoms with Gasteiger partial charge in [-0.1, -0.05) is 6.07 Å². The Labute approximate surface area is 98.7 Å². The molecule has 1 N–H and O–H groups in total. The summed E-state index contributed by atoms with van der Waals surface area (Å²) < 4.78 is 5.47. The van der Waals surface area contributed by atoms with E-state index < -0.39 is 0 Å². The minimum Gasteiger partial charge on any atom is -0.508 e. The topological polar surface area (TPSA) is 66.1 Å². The molecule has 0 amide bonds. The first-order chi connectivity index (χ1) is 8.19. The number of nitriles is 1. The van der Waals surface area contributed by atoms with Crippen LogP contribution in [-0.2, 0) is 0 Å². The summed E-state index contributed by atoms with van der Waals surface area (Å²) in [6, 6.07) is 11.8. The summed E-state index contributed by atoms with van der Waals surface area (Å²) in [5.41, 5.74) is 1.12. The fourth-order valence-electron chi connectivity index (χ4n) is 1.35. The highest BCUT2D eigenvalue weighted by molar-refractivity contribution is 5.42. The third-order valence-electron chi connectivity index (χ3n) is 2.15. The van der Waals surface area contributed by atoms with Gasteiger partial charge in [0.15, 0.2) is 0 Å². The summed E-state index contributed by atoms with van der Waals surface area (Å²) in [5, 5.41) is 18.2. The van der Waals surface area contributed by atoms with Gasteiger partial charge >= 0.3 is 0 Å². The van der Waals surface area contributed by atoms with Crippen molar-refractivity contribution in [2.75, 3.05) is 0 Å². The van der Waals surface area contributed by atoms with Gasteiger partial charge < -0.3 is 9.84 Å². The summed E-state index contributed by atoms with van der Waals surface area (Å²) in [6.45, 7) is 1.82. The summed E-state index contributed by atoms with van der Waals surface area (Å²) in [4.78, 5) is 4.14.